The lowest BCUT2D eigenvalue weighted by Crippen LogP contribution is -2.59. The number of fused-ring (bicyclic) bond motifs is 4. The normalized spacial score (nSPS) is 23.6. The van der Waals surface area contributed by atoms with E-state index in [4.69, 9.17) is 34.4 Å². The topological polar surface area (TPSA) is 560 Å². The summed E-state index contributed by atoms with van der Waals surface area (Å²) in [6.07, 6.45) is -6.61. The van der Waals surface area contributed by atoms with Crippen LogP contribution in [0.1, 0.15) is 140 Å². The van der Waals surface area contributed by atoms with Crippen LogP contribution >= 0.6 is 0 Å². The number of carbonyl (C=O) groups is 7. The number of ether oxygens (including phenoxy) is 5. The van der Waals surface area contributed by atoms with Gasteiger partial charge in [-0.05, 0) is 116 Å². The van der Waals surface area contributed by atoms with Gasteiger partial charge >= 0.3 is 0 Å². The molecule has 109 heavy (non-hydrogen) atoms. The van der Waals surface area contributed by atoms with E-state index in [2.05, 4.69) is 75.0 Å². The molecule has 0 saturated carbocycles. The maximum atomic E-state index is 13.9. The number of aliphatic hydroxyl groups excluding tert-OH is 8. The summed E-state index contributed by atoms with van der Waals surface area (Å²) in [5.74, 6) is -4.70. The van der Waals surface area contributed by atoms with Gasteiger partial charge in [0.1, 0.15) is 102 Å². The maximum Gasteiger partial charge on any atom is 0.265 e. The fourth-order valence-corrected chi connectivity index (χ4v) is 14.9. The van der Waals surface area contributed by atoms with Gasteiger partial charge in [-0.15, -0.1) is 10.2 Å². The van der Waals surface area contributed by atoms with Crippen LogP contribution in [-0.4, -0.2) is 268 Å². The molecule has 0 spiro atoms. The van der Waals surface area contributed by atoms with Gasteiger partial charge in [0.15, 0.2) is 24.1 Å². The molecular formula is C69H103N16O23S+. The molecule has 17 N–H and O–H groups in total. The van der Waals surface area contributed by atoms with Crippen LogP contribution in [0.3, 0.4) is 0 Å². The lowest BCUT2D eigenvalue weighted by Gasteiger charge is -2.48. The molecule has 0 bridgehead atoms. The van der Waals surface area contributed by atoms with Crippen LogP contribution in [-0.2, 0) is 95.4 Å². The number of nitrogens with two attached hydrogens (primary N) is 1. The summed E-state index contributed by atoms with van der Waals surface area (Å²) in [7, 11) is -4.38. The van der Waals surface area contributed by atoms with E-state index in [0.29, 0.717) is 97.5 Å². The lowest BCUT2D eigenvalue weighted by molar-refractivity contribution is -0.304. The van der Waals surface area contributed by atoms with E-state index in [9.17, 15) is 87.4 Å². The molecule has 2 aromatic heterocycles. The summed E-state index contributed by atoms with van der Waals surface area (Å²) in [5, 5.41) is 114. The molecule has 2 aromatic carbocycles. The zero-order valence-electron chi connectivity index (χ0n) is 61.4. The number of aliphatic hydroxyl groups is 8. The van der Waals surface area contributed by atoms with Crippen LogP contribution in [0.25, 0.3) is 0 Å². The van der Waals surface area contributed by atoms with Gasteiger partial charge in [-0.25, -0.2) is 9.57 Å². The number of anilines is 1. The van der Waals surface area contributed by atoms with Crippen LogP contribution in [0.5, 0.6) is 11.5 Å². The second-order valence-electron chi connectivity index (χ2n) is 28.6. The number of amides is 7. The molecule has 4 aromatic rings. The zero-order chi connectivity index (χ0) is 78.9. The van der Waals surface area contributed by atoms with Gasteiger partial charge in [-0.3, -0.25) is 47.5 Å². The number of unbranched alkanes of at least 4 members (excludes halogenated alkanes) is 3. The molecule has 5 aliphatic heterocycles. The molecule has 5 aliphatic rings. The molecule has 39 nitrogen and oxygen atoms in total. The SMILES string of the molecule is CC[N+]1=c2cc3c(cc2CCC1)=Nc1cc2c(cc1O3)N(CCCC(=O)NCCCC[C@H](NC(=O)CNC(=O)[C@H](CCCCn1cc(CO[C@H]3O[C@H](CO)[C@@H](O)[C@H](O)[C@@H]3O)nn1)NC(=O)CNC(=O)[C@H](CCCCn1cc(CO[C@H]3O[C@H](CO)[C@@H](O)[C@H](O)[C@@H]3O)nn1)NC(C)=O)C(N)=O)C(C)(C)CC2CS(=O)(=O)O. The Morgan fingerprint density at radius 1 is 0.679 bits per heavy atom. The van der Waals surface area contributed by atoms with E-state index in [1.165, 1.54) is 28.0 Å². The number of benzene rings is 2. The highest BCUT2D eigenvalue weighted by atomic mass is 32.2. The Morgan fingerprint density at radius 2 is 1.23 bits per heavy atom. The largest absolute Gasteiger partial charge is 0.452 e. The van der Waals surface area contributed by atoms with Crippen LogP contribution in [0.15, 0.2) is 41.7 Å². The van der Waals surface area contributed by atoms with Gasteiger partial charge in [0, 0.05) is 74.7 Å². The minimum atomic E-state index is -4.38. The van der Waals surface area contributed by atoms with Gasteiger partial charge in [-0.2, -0.15) is 8.42 Å². The summed E-state index contributed by atoms with van der Waals surface area (Å²) in [5.41, 5.74) is 8.83. The first-order valence-corrected chi connectivity index (χ1v) is 38.4. The van der Waals surface area contributed by atoms with Gasteiger partial charge in [0.25, 0.3) is 10.1 Å². The van der Waals surface area contributed by atoms with Crippen LogP contribution < -0.4 is 62.6 Å². The second kappa shape index (κ2) is 39.0. The lowest BCUT2D eigenvalue weighted by atomic mass is 9.79. The molecule has 1 unspecified atom stereocenters. The Labute approximate surface area is 628 Å². The highest BCUT2D eigenvalue weighted by Gasteiger charge is 2.46. The molecule has 0 aliphatic carbocycles. The summed E-state index contributed by atoms with van der Waals surface area (Å²) >= 11 is 0. The quantitative estimate of drug-likeness (QED) is 0.00992. The van der Waals surface area contributed by atoms with Crippen molar-refractivity contribution >= 4 is 62.8 Å². The van der Waals surface area contributed by atoms with Crippen LogP contribution in [0, 0.1) is 0 Å². The van der Waals surface area contributed by atoms with Crippen LogP contribution in [0.4, 0.5) is 11.4 Å². The van der Waals surface area contributed by atoms with E-state index in [0.717, 1.165) is 31.3 Å². The molecule has 7 heterocycles. The average molecular weight is 1560 g/mol. The molecule has 602 valence electrons. The fraction of sp³-hybridized carbons (Fsp3) is 0.667. The fourth-order valence-electron chi connectivity index (χ4n) is 14.0. The minimum Gasteiger partial charge on any atom is -0.452 e. The average Bonchev–Trinajstić information content (AvgIpc) is 0.943. The van der Waals surface area contributed by atoms with Gasteiger partial charge in [0.2, 0.25) is 46.7 Å². The second-order valence-corrected chi connectivity index (χ2v) is 30.1. The van der Waals surface area contributed by atoms with E-state index in [-0.39, 0.29) is 70.0 Å². The number of rotatable bonds is 40. The van der Waals surface area contributed by atoms with E-state index < -0.39 is 169 Å². The molecule has 7 amide bonds. The first-order valence-electron chi connectivity index (χ1n) is 36.7. The van der Waals surface area contributed by atoms with Crippen molar-refractivity contribution in [3.63, 3.8) is 0 Å². The Morgan fingerprint density at radius 3 is 1.77 bits per heavy atom. The predicted octanol–water partition coefficient (Wildman–Crippen LogP) is -5.02. The van der Waals surface area contributed by atoms with E-state index in [1.807, 2.05) is 32.0 Å². The summed E-state index contributed by atoms with van der Waals surface area (Å²) in [4.78, 5) is 99.6. The summed E-state index contributed by atoms with van der Waals surface area (Å²) in [6, 6.07) is 4.23. The van der Waals surface area contributed by atoms with Crippen LogP contribution in [0.2, 0.25) is 0 Å². The molecule has 2 fully saturated rings. The van der Waals surface area contributed by atoms with E-state index >= 15 is 0 Å². The van der Waals surface area contributed by atoms with Crippen molar-refractivity contribution in [2.75, 3.05) is 63.1 Å². The summed E-state index contributed by atoms with van der Waals surface area (Å²) in [6.45, 7) is 7.18. The van der Waals surface area contributed by atoms with Crippen molar-refractivity contribution in [3.05, 3.63) is 69.9 Å². The Bertz CT molecular complexity index is 4070. The molecule has 40 heteroatoms. The minimum absolute atomic E-state index is 0.0137. The number of aromatic nitrogens is 6. The Balaban J connectivity index is 0.735. The zero-order valence-corrected chi connectivity index (χ0v) is 62.2. The van der Waals surface area contributed by atoms with Gasteiger partial charge in [0.05, 0.1) is 63.7 Å². The number of nitrogens with zero attached hydrogens (tertiary/aromatic N) is 9. The van der Waals surface area contributed by atoms with Crippen molar-refractivity contribution in [1.29, 1.82) is 0 Å². The van der Waals surface area contributed by atoms with Crippen molar-refractivity contribution in [3.8, 4) is 11.5 Å². The highest BCUT2D eigenvalue weighted by molar-refractivity contribution is 7.85. The van der Waals surface area contributed by atoms with Crippen molar-refractivity contribution in [1.82, 2.24) is 66.5 Å². The first kappa shape index (κ1) is 84.7. The third-order valence-corrected chi connectivity index (χ3v) is 20.6. The van der Waals surface area contributed by atoms with E-state index in [1.54, 1.807) is 6.20 Å². The molecular weight excluding hydrogens is 1450 g/mol. The molecule has 0 radical (unpaired) electrons. The molecule has 9 rings (SSSR count). The number of nitrogens with one attached hydrogen (secondary N) is 6. The predicted molar refractivity (Wildman–Crippen MR) is 381 cm³/mol. The standard InChI is InChI=1S/C69H102N16O23S/c1-5-82-20-12-14-39-24-47-51(26-49(39)82)106-52-27-50-43(25-48(52)75-47)40(37-109(101,102)103)28-69(3,4)85(50)23-13-18-55(89)71-19-9-6-15-44(64(70)98)76-56(90)29-73-66(100)46(17-8-11-22-84-32-42(79-81-84)36-105-68-63(97)61(95)59(93)54(34-87)108-68)77-57(91)30-72-65(99)45(74-38(2)88)16-7-10-21-83-31-41(78-80-83)35-104-67-62(96)60(94)58(92)53(33-86)107-67/h24-27,31-32,40,44-46,53-54,58-63,67-68,86-87,92-97H,5-23,28-30,33-37H2,1-4H3,(H8-,70,71,72,73,74,76,77,88,89,90,91,98,99,100,101,102,103)/p+1/t40?,44-,45-,46-,53+,54+,58+,59+,60-,61-,62-,63-,67-,68-/m0/s1. The Hall–Kier alpha value is -8.36. The molecule has 14 atom stereocenters. The summed E-state index contributed by atoms with van der Waals surface area (Å²) < 4.78 is 68.5. The smallest absolute Gasteiger partial charge is 0.265 e. The number of aryl methyl sites for hydroxylation is 3. The van der Waals surface area contributed by atoms with Crippen molar-refractivity contribution in [2.45, 2.75) is 235 Å². The van der Waals surface area contributed by atoms with Gasteiger partial charge in [-0.1, -0.05) is 10.4 Å². The van der Waals surface area contributed by atoms with Crippen molar-refractivity contribution in [2.24, 2.45) is 10.7 Å². The number of primary amides is 1. The van der Waals surface area contributed by atoms with Crippen molar-refractivity contribution < 1.29 is 111 Å². The van der Waals surface area contributed by atoms with Gasteiger partial charge < -0.3 is 107 Å². The maximum absolute atomic E-state index is 13.9. The first-order chi connectivity index (χ1) is 51.9. The Kier molecular flexibility index (Phi) is 30.3. The molecule has 2 saturated heterocycles. The number of carbonyl (C=O) groups excluding carboxylic acids is 7. The third kappa shape index (κ3) is 23.4. The number of hydrogen-bond donors (Lipinski definition) is 16. The number of hydrogen-bond acceptors (Lipinski definition) is 28. The monoisotopic (exact) mass is 1560 g/mol. The highest BCUT2D eigenvalue weighted by Crippen LogP contribution is 2.49. The third-order valence-electron chi connectivity index (χ3n) is 19.8.